The lowest BCUT2D eigenvalue weighted by Crippen LogP contribution is -2.60. The Morgan fingerprint density at radius 2 is 1.65 bits per heavy atom. The predicted octanol–water partition coefficient (Wildman–Crippen LogP) is 7.67. The van der Waals surface area contributed by atoms with Crippen molar-refractivity contribution in [2.24, 2.45) is 46.3 Å². The number of carbonyl (C=O) groups excluding carboxylic acids is 3. The van der Waals surface area contributed by atoms with E-state index in [0.29, 0.717) is 40.7 Å². The van der Waals surface area contributed by atoms with Gasteiger partial charge in [-0.2, -0.15) is 5.01 Å². The quantitative estimate of drug-likeness (QED) is 0.186. The highest BCUT2D eigenvalue weighted by atomic mass is 16.5. The van der Waals surface area contributed by atoms with Crippen LogP contribution in [0.1, 0.15) is 133 Å². The normalized spacial score (nSPS) is 43.4. The van der Waals surface area contributed by atoms with E-state index >= 15 is 0 Å². The first kappa shape index (κ1) is 29.5. The van der Waals surface area contributed by atoms with E-state index in [2.05, 4.69) is 39.6 Å². The third kappa shape index (κ3) is 4.10. The van der Waals surface area contributed by atoms with Gasteiger partial charge in [0, 0.05) is 13.3 Å². The molecule has 43 heavy (non-hydrogen) atoms. The Balaban J connectivity index is 1.21. The first-order valence-corrected chi connectivity index (χ1v) is 17.4. The maximum absolute atomic E-state index is 13.8. The van der Waals surface area contributed by atoms with E-state index in [1.54, 1.807) is 12.1 Å². The van der Waals surface area contributed by atoms with Crippen LogP contribution < -0.4 is 0 Å². The summed E-state index contributed by atoms with van der Waals surface area (Å²) in [5, 5.41) is 3.72. The van der Waals surface area contributed by atoms with E-state index in [-0.39, 0.29) is 40.9 Å². The summed E-state index contributed by atoms with van der Waals surface area (Å²) in [6, 6.07) is 7.39. The van der Waals surface area contributed by atoms with Gasteiger partial charge in [-0.15, -0.1) is 0 Å². The molecule has 11 atom stereocenters. The second-order valence-electron chi connectivity index (χ2n) is 16.3. The minimum absolute atomic E-state index is 0.0329. The number of nitrogens with zero attached hydrogens (tertiary/aromatic N) is 2. The Hall–Kier alpha value is -2.21. The van der Waals surface area contributed by atoms with Gasteiger partial charge in [-0.3, -0.25) is 14.4 Å². The molecule has 1 aromatic carbocycles. The number of imide groups is 1. The largest absolute Gasteiger partial charge is 0.462 e. The second kappa shape index (κ2) is 10.2. The van der Waals surface area contributed by atoms with Crippen molar-refractivity contribution in [3.8, 4) is 0 Å². The summed E-state index contributed by atoms with van der Waals surface area (Å²) in [5.41, 5.74) is 1.04. The maximum atomic E-state index is 13.8. The van der Waals surface area contributed by atoms with Gasteiger partial charge in [0.1, 0.15) is 6.10 Å². The van der Waals surface area contributed by atoms with Gasteiger partial charge in [-0.05, 0) is 103 Å². The topological polar surface area (TPSA) is 66.7 Å². The van der Waals surface area contributed by atoms with Crippen LogP contribution in [0.2, 0.25) is 0 Å². The highest BCUT2D eigenvalue weighted by molar-refractivity contribution is 6.21. The van der Waals surface area contributed by atoms with Gasteiger partial charge in [-0.1, -0.05) is 66.0 Å². The van der Waals surface area contributed by atoms with Gasteiger partial charge < -0.3 is 4.74 Å². The lowest BCUT2D eigenvalue weighted by molar-refractivity contribution is -0.157. The number of hydrazine groups is 1. The van der Waals surface area contributed by atoms with Crippen LogP contribution in [0.3, 0.4) is 0 Å². The summed E-state index contributed by atoms with van der Waals surface area (Å²) >= 11 is 0. The molecule has 2 heterocycles. The molecule has 4 aliphatic carbocycles. The average Bonchev–Trinajstić information content (AvgIpc) is 3.29. The summed E-state index contributed by atoms with van der Waals surface area (Å²) in [6.45, 7) is 13.8. The van der Waals surface area contributed by atoms with Crippen molar-refractivity contribution in [1.82, 2.24) is 10.0 Å². The van der Waals surface area contributed by atoms with E-state index in [1.165, 1.54) is 56.9 Å². The van der Waals surface area contributed by atoms with E-state index in [9.17, 15) is 14.4 Å². The number of hydrogen-bond acceptors (Lipinski definition) is 5. The molecule has 5 fully saturated rings. The molecule has 234 valence electrons. The molecule has 1 aromatic rings. The standard InChI is InChI=1S/C37H52N2O4/c1-22(2)10-9-11-23(3)29-14-15-30-28-20-32-37(39(32)38-33(41)26-12-7-8-13-27(26)34(38)42)21-25(43-24(4)40)16-19-36(37,6)31(28)17-18-35(29,30)5/h7-8,12-13,22-23,25,28-32H,9-11,14-21H2,1-6H3. The monoisotopic (exact) mass is 588 g/mol. The fourth-order valence-corrected chi connectivity index (χ4v) is 12.1. The average molecular weight is 589 g/mol. The zero-order valence-corrected chi connectivity index (χ0v) is 27.2. The molecule has 0 bridgehead atoms. The first-order chi connectivity index (χ1) is 20.4. The van der Waals surface area contributed by atoms with E-state index in [0.717, 1.165) is 37.0 Å². The molecule has 6 nitrogen and oxygen atoms in total. The van der Waals surface area contributed by atoms with Gasteiger partial charge >= 0.3 is 5.97 Å². The summed E-state index contributed by atoms with van der Waals surface area (Å²) in [7, 11) is 0. The molecule has 7 rings (SSSR count). The molecule has 1 spiro atoms. The number of carbonyl (C=O) groups is 3. The molecule has 0 N–H and O–H groups in total. The molecule has 11 unspecified atom stereocenters. The predicted molar refractivity (Wildman–Crippen MR) is 166 cm³/mol. The molecule has 6 aliphatic rings. The van der Waals surface area contributed by atoms with E-state index in [1.807, 2.05) is 12.1 Å². The maximum Gasteiger partial charge on any atom is 0.302 e. The molecule has 2 amide bonds. The van der Waals surface area contributed by atoms with E-state index in [4.69, 9.17) is 4.74 Å². The Kier molecular flexibility index (Phi) is 6.97. The molecule has 6 heteroatoms. The van der Waals surface area contributed by atoms with Crippen LogP contribution >= 0.6 is 0 Å². The van der Waals surface area contributed by atoms with Gasteiger partial charge in [0.25, 0.3) is 11.8 Å². The fraction of sp³-hybridized carbons (Fsp3) is 0.757. The number of amides is 2. The van der Waals surface area contributed by atoms with Crippen molar-refractivity contribution in [2.45, 2.75) is 130 Å². The van der Waals surface area contributed by atoms with Crippen LogP contribution in [0.15, 0.2) is 24.3 Å². The third-order valence-corrected chi connectivity index (χ3v) is 14.0. The molecule has 0 radical (unpaired) electrons. The van der Waals surface area contributed by atoms with Gasteiger partial charge in [0.05, 0.1) is 22.7 Å². The Morgan fingerprint density at radius 3 is 2.30 bits per heavy atom. The van der Waals surface area contributed by atoms with Crippen LogP contribution in [-0.4, -0.2) is 45.5 Å². The number of rotatable bonds is 7. The number of benzene rings is 1. The molecule has 0 aromatic heterocycles. The van der Waals surface area contributed by atoms with E-state index < -0.39 is 0 Å². The van der Waals surface area contributed by atoms with Gasteiger partial charge in [0.15, 0.2) is 0 Å². The van der Waals surface area contributed by atoms with Crippen LogP contribution in [0.4, 0.5) is 0 Å². The zero-order chi connectivity index (χ0) is 30.5. The van der Waals surface area contributed by atoms with Crippen molar-refractivity contribution in [3.63, 3.8) is 0 Å². The van der Waals surface area contributed by atoms with Gasteiger partial charge in [-0.25, -0.2) is 5.01 Å². The van der Waals surface area contributed by atoms with Crippen molar-refractivity contribution in [2.75, 3.05) is 0 Å². The molecule has 4 saturated carbocycles. The number of fused-ring (bicyclic) bond motifs is 5. The second-order valence-corrected chi connectivity index (χ2v) is 16.3. The molecular weight excluding hydrogens is 536 g/mol. The Morgan fingerprint density at radius 1 is 0.953 bits per heavy atom. The lowest BCUT2D eigenvalue weighted by Gasteiger charge is -2.60. The molecule has 1 saturated heterocycles. The summed E-state index contributed by atoms with van der Waals surface area (Å²) in [4.78, 5) is 39.8. The highest BCUT2D eigenvalue weighted by Crippen LogP contribution is 2.76. The van der Waals surface area contributed by atoms with Crippen molar-refractivity contribution < 1.29 is 19.1 Å². The lowest BCUT2D eigenvalue weighted by atomic mass is 9.44. The van der Waals surface area contributed by atoms with Gasteiger partial charge in [0.2, 0.25) is 0 Å². The summed E-state index contributed by atoms with van der Waals surface area (Å²) in [5.74, 6) is 3.59. The molecular formula is C37H52N2O4. The van der Waals surface area contributed by atoms with Crippen LogP contribution in [-0.2, 0) is 9.53 Å². The number of ether oxygens (including phenoxy) is 1. The molecule has 2 aliphatic heterocycles. The smallest absolute Gasteiger partial charge is 0.302 e. The summed E-state index contributed by atoms with van der Waals surface area (Å²) < 4.78 is 5.86. The number of esters is 1. The Labute approximate surface area is 258 Å². The fourth-order valence-electron chi connectivity index (χ4n) is 12.1. The SMILES string of the molecule is CC(=O)OC1CCC2(C)C3CCC4(C)C(C(C)CCCC(C)C)CCC4C3CC3N(N4C(=O)c5ccccc5C4=O)C32C1. The zero-order valence-electron chi connectivity index (χ0n) is 27.2. The van der Waals surface area contributed by atoms with Crippen LogP contribution in [0, 0.1) is 46.3 Å². The van der Waals surface area contributed by atoms with Crippen molar-refractivity contribution >= 4 is 17.8 Å². The van der Waals surface area contributed by atoms with Crippen LogP contribution in [0.25, 0.3) is 0 Å². The van der Waals surface area contributed by atoms with Crippen molar-refractivity contribution in [1.29, 1.82) is 0 Å². The third-order valence-electron chi connectivity index (χ3n) is 14.0. The number of hydrogen-bond donors (Lipinski definition) is 0. The Bertz CT molecular complexity index is 1290. The summed E-state index contributed by atoms with van der Waals surface area (Å²) in [6.07, 6.45) is 12.6. The first-order valence-electron chi connectivity index (χ1n) is 17.4. The van der Waals surface area contributed by atoms with Crippen molar-refractivity contribution in [3.05, 3.63) is 35.4 Å². The minimum Gasteiger partial charge on any atom is -0.462 e. The minimum atomic E-state index is -0.324. The van der Waals surface area contributed by atoms with Crippen LogP contribution in [0.5, 0.6) is 0 Å². The highest BCUT2D eigenvalue weighted by Gasteiger charge is 2.81.